The molecule has 2 rings (SSSR count). The molecule has 1 amide bonds. The van der Waals surface area contributed by atoms with Gasteiger partial charge in [-0.1, -0.05) is 25.6 Å². The molecule has 7 nitrogen and oxygen atoms in total. The number of aromatic carboxylic acids is 1. The van der Waals surface area contributed by atoms with Crippen molar-refractivity contribution in [2.75, 3.05) is 11.1 Å². The third-order valence-corrected chi connectivity index (χ3v) is 3.62. The number of carboxylic acid groups (broad SMARTS) is 1. The van der Waals surface area contributed by atoms with Crippen molar-refractivity contribution in [1.82, 2.24) is 15.2 Å². The summed E-state index contributed by atoms with van der Waals surface area (Å²) >= 11 is 1.23. The van der Waals surface area contributed by atoms with Gasteiger partial charge in [0.1, 0.15) is 5.82 Å². The van der Waals surface area contributed by atoms with E-state index in [2.05, 4.69) is 20.5 Å². The molecule has 0 aliphatic rings. The number of nitrogens with one attached hydrogen (secondary N) is 2. The van der Waals surface area contributed by atoms with Gasteiger partial charge >= 0.3 is 5.97 Å². The first-order valence-corrected chi connectivity index (χ1v) is 7.62. The van der Waals surface area contributed by atoms with Gasteiger partial charge in [0.25, 0.3) is 0 Å². The first kappa shape index (κ1) is 16.0. The van der Waals surface area contributed by atoms with Gasteiger partial charge in [-0.05, 0) is 24.3 Å². The Bertz CT molecular complexity index is 667. The summed E-state index contributed by atoms with van der Waals surface area (Å²) in [6.45, 7) is 4.00. The lowest BCUT2D eigenvalue weighted by Crippen LogP contribution is -2.14. The Balaban J connectivity index is 1.85. The van der Waals surface area contributed by atoms with Gasteiger partial charge < -0.3 is 10.4 Å². The molecule has 22 heavy (non-hydrogen) atoms. The molecule has 8 heteroatoms. The second kappa shape index (κ2) is 7.08. The molecule has 0 spiro atoms. The molecule has 2 aromatic rings. The Hall–Kier alpha value is -2.35. The summed E-state index contributed by atoms with van der Waals surface area (Å²) in [5.41, 5.74) is 0.725. The number of thioether (sulfide) groups is 1. The molecule has 0 saturated carbocycles. The topological polar surface area (TPSA) is 108 Å². The van der Waals surface area contributed by atoms with E-state index in [0.717, 1.165) is 5.82 Å². The molecule has 0 saturated heterocycles. The fourth-order valence-corrected chi connectivity index (χ4v) is 2.21. The summed E-state index contributed by atoms with van der Waals surface area (Å²) in [7, 11) is 0. The zero-order valence-electron chi connectivity index (χ0n) is 12.2. The van der Waals surface area contributed by atoms with Crippen LogP contribution in [-0.4, -0.2) is 37.9 Å². The molecule has 3 N–H and O–H groups in total. The van der Waals surface area contributed by atoms with E-state index in [1.165, 1.54) is 23.9 Å². The molecule has 0 fully saturated rings. The Kier molecular flexibility index (Phi) is 5.16. The molecule has 116 valence electrons. The minimum Gasteiger partial charge on any atom is -0.478 e. The number of carbonyl (C=O) groups excluding carboxylic acids is 1. The van der Waals surface area contributed by atoms with Crippen LogP contribution < -0.4 is 5.32 Å². The van der Waals surface area contributed by atoms with E-state index in [1.54, 1.807) is 12.1 Å². The quantitative estimate of drug-likeness (QED) is 0.705. The van der Waals surface area contributed by atoms with Gasteiger partial charge in [-0.2, -0.15) is 0 Å². The van der Waals surface area contributed by atoms with Crippen LogP contribution in [0.3, 0.4) is 0 Å². The van der Waals surface area contributed by atoms with E-state index >= 15 is 0 Å². The number of benzene rings is 1. The van der Waals surface area contributed by atoms with Crippen LogP contribution in [0, 0.1) is 0 Å². The lowest BCUT2D eigenvalue weighted by atomic mass is 10.2. The number of hydrogen-bond donors (Lipinski definition) is 3. The van der Waals surface area contributed by atoms with Gasteiger partial charge in [0.15, 0.2) is 0 Å². The van der Waals surface area contributed by atoms with E-state index in [1.807, 2.05) is 13.8 Å². The van der Waals surface area contributed by atoms with Crippen molar-refractivity contribution in [2.24, 2.45) is 0 Å². The molecule has 1 aromatic carbocycles. The molecule has 0 aliphatic heterocycles. The van der Waals surface area contributed by atoms with Gasteiger partial charge in [-0.25, -0.2) is 9.78 Å². The Morgan fingerprint density at radius 1 is 1.32 bits per heavy atom. The second-order valence-corrected chi connectivity index (χ2v) is 5.82. The molecule has 0 radical (unpaired) electrons. The normalized spacial score (nSPS) is 10.7. The minimum atomic E-state index is -1.00. The summed E-state index contributed by atoms with van der Waals surface area (Å²) in [4.78, 5) is 26.8. The second-order valence-electron chi connectivity index (χ2n) is 4.88. The maximum atomic E-state index is 11.8. The van der Waals surface area contributed by atoms with Crippen LogP contribution in [0.4, 0.5) is 5.69 Å². The molecule has 0 aliphatic carbocycles. The number of aromatic nitrogens is 3. The van der Waals surface area contributed by atoms with E-state index in [9.17, 15) is 9.59 Å². The molecule has 0 atom stereocenters. The van der Waals surface area contributed by atoms with E-state index in [-0.39, 0.29) is 23.1 Å². The lowest BCUT2D eigenvalue weighted by molar-refractivity contribution is -0.113. The Morgan fingerprint density at radius 2 is 2.00 bits per heavy atom. The monoisotopic (exact) mass is 320 g/mol. The molecule has 1 aromatic heterocycles. The van der Waals surface area contributed by atoms with Gasteiger partial charge in [-0.3, -0.25) is 9.89 Å². The summed E-state index contributed by atoms with van der Waals surface area (Å²) in [5, 5.41) is 18.9. The lowest BCUT2D eigenvalue weighted by Gasteiger charge is -2.04. The number of carbonyl (C=O) groups is 2. The largest absolute Gasteiger partial charge is 0.478 e. The maximum Gasteiger partial charge on any atom is 0.335 e. The maximum absolute atomic E-state index is 11.8. The van der Waals surface area contributed by atoms with Crippen LogP contribution in [0.1, 0.15) is 35.9 Å². The molecular weight excluding hydrogens is 304 g/mol. The van der Waals surface area contributed by atoms with Crippen LogP contribution in [0.5, 0.6) is 0 Å². The standard InChI is InChI=1S/C14H16N4O3S/c1-8(2)12-16-14(18-17-12)22-7-11(19)15-10-5-3-9(4-6-10)13(20)21/h3-6,8H,7H2,1-2H3,(H,15,19)(H,20,21)(H,16,17,18). The number of H-pyrrole nitrogens is 1. The van der Waals surface area contributed by atoms with Crippen molar-refractivity contribution in [3.05, 3.63) is 35.7 Å². The average molecular weight is 320 g/mol. The van der Waals surface area contributed by atoms with Gasteiger partial charge in [0, 0.05) is 11.6 Å². The zero-order chi connectivity index (χ0) is 16.1. The molecule has 0 bridgehead atoms. The first-order valence-electron chi connectivity index (χ1n) is 6.64. The minimum absolute atomic E-state index is 0.175. The molecule has 0 unspecified atom stereocenters. The summed E-state index contributed by atoms with van der Waals surface area (Å²) in [5.74, 6) is 0.00866. The van der Waals surface area contributed by atoms with E-state index in [0.29, 0.717) is 10.8 Å². The smallest absolute Gasteiger partial charge is 0.335 e. The zero-order valence-corrected chi connectivity index (χ0v) is 13.0. The van der Waals surface area contributed by atoms with Crippen LogP contribution in [-0.2, 0) is 4.79 Å². The highest BCUT2D eigenvalue weighted by Gasteiger charge is 2.10. The number of hydrogen-bond acceptors (Lipinski definition) is 5. The van der Waals surface area contributed by atoms with Crippen molar-refractivity contribution < 1.29 is 14.7 Å². The Morgan fingerprint density at radius 3 is 2.55 bits per heavy atom. The predicted molar refractivity (Wildman–Crippen MR) is 83.2 cm³/mol. The SMILES string of the molecule is CC(C)c1nc(SCC(=O)Nc2ccc(C(=O)O)cc2)n[nH]1. The van der Waals surface area contributed by atoms with Crippen LogP contribution in [0.15, 0.2) is 29.4 Å². The number of carboxylic acids is 1. The molecule has 1 heterocycles. The van der Waals surface area contributed by atoms with Crippen molar-refractivity contribution in [3.8, 4) is 0 Å². The average Bonchev–Trinajstić information content (AvgIpc) is 2.95. The third kappa shape index (κ3) is 4.32. The summed E-state index contributed by atoms with van der Waals surface area (Å²) in [6, 6.07) is 5.98. The third-order valence-electron chi connectivity index (χ3n) is 2.78. The van der Waals surface area contributed by atoms with Gasteiger partial charge in [0.05, 0.1) is 11.3 Å². The first-order chi connectivity index (χ1) is 10.5. The number of rotatable bonds is 6. The van der Waals surface area contributed by atoms with Crippen molar-refractivity contribution in [3.63, 3.8) is 0 Å². The highest BCUT2D eigenvalue weighted by Crippen LogP contribution is 2.17. The fraction of sp³-hybridized carbons (Fsp3) is 0.286. The van der Waals surface area contributed by atoms with Crippen LogP contribution in [0.25, 0.3) is 0 Å². The van der Waals surface area contributed by atoms with Gasteiger partial charge in [-0.15, -0.1) is 5.10 Å². The number of anilines is 1. The van der Waals surface area contributed by atoms with E-state index in [4.69, 9.17) is 5.11 Å². The highest BCUT2D eigenvalue weighted by atomic mass is 32.2. The van der Waals surface area contributed by atoms with Crippen molar-refractivity contribution in [1.29, 1.82) is 0 Å². The number of aromatic amines is 1. The number of amides is 1. The molecular formula is C14H16N4O3S. The van der Waals surface area contributed by atoms with Crippen molar-refractivity contribution >= 4 is 29.3 Å². The highest BCUT2D eigenvalue weighted by molar-refractivity contribution is 7.99. The summed E-state index contributed by atoms with van der Waals surface area (Å²) in [6.07, 6.45) is 0. The Labute approximate surface area is 131 Å². The van der Waals surface area contributed by atoms with Crippen molar-refractivity contribution in [2.45, 2.75) is 24.9 Å². The van der Waals surface area contributed by atoms with Gasteiger partial charge in [0.2, 0.25) is 11.1 Å². The summed E-state index contributed by atoms with van der Waals surface area (Å²) < 4.78 is 0. The predicted octanol–water partition coefficient (Wildman–Crippen LogP) is 2.36. The van der Waals surface area contributed by atoms with Crippen LogP contribution >= 0.6 is 11.8 Å². The van der Waals surface area contributed by atoms with Crippen LogP contribution in [0.2, 0.25) is 0 Å². The number of nitrogens with zero attached hydrogens (tertiary/aromatic N) is 2. The fourth-order valence-electron chi connectivity index (χ4n) is 1.60. The van der Waals surface area contributed by atoms with E-state index < -0.39 is 5.97 Å².